The largest absolute Gasteiger partial charge is 0.338 e. The minimum Gasteiger partial charge on any atom is -0.338 e. The van der Waals surface area contributed by atoms with Crippen molar-refractivity contribution in [2.75, 3.05) is 11.9 Å². The first-order chi connectivity index (χ1) is 12.0. The fourth-order valence-electron chi connectivity index (χ4n) is 3.13. The zero-order valence-electron chi connectivity index (χ0n) is 14.8. The molecule has 1 heterocycles. The molecule has 1 aliphatic heterocycles. The molecular weight excluding hydrogens is 312 g/mol. The Hall–Kier alpha value is -2.62. The molecule has 4 nitrogen and oxygen atoms in total. The summed E-state index contributed by atoms with van der Waals surface area (Å²) >= 11 is 0. The third-order valence-corrected chi connectivity index (χ3v) is 4.68. The van der Waals surface area contributed by atoms with Gasteiger partial charge in [0, 0.05) is 25.2 Å². The first-order valence-electron chi connectivity index (χ1n) is 8.78. The predicted octanol–water partition coefficient (Wildman–Crippen LogP) is 3.54. The Balaban J connectivity index is 1.61. The summed E-state index contributed by atoms with van der Waals surface area (Å²) in [5, 5.41) is 2.95. The van der Waals surface area contributed by atoms with E-state index in [1.165, 1.54) is 11.1 Å². The SMILES string of the molecule is CCc1cccc(NC(=O)[C@@H]2CC(=O)N(Cc3ccc(C)cc3)C2)c1. The van der Waals surface area contributed by atoms with E-state index in [0.29, 0.717) is 13.1 Å². The van der Waals surface area contributed by atoms with Crippen molar-refractivity contribution in [3.05, 3.63) is 65.2 Å². The molecule has 130 valence electrons. The van der Waals surface area contributed by atoms with Crippen molar-refractivity contribution < 1.29 is 9.59 Å². The second-order valence-corrected chi connectivity index (χ2v) is 6.70. The summed E-state index contributed by atoms with van der Waals surface area (Å²) in [5.74, 6) is -0.320. The number of amides is 2. The Labute approximate surface area is 148 Å². The number of nitrogens with zero attached hydrogens (tertiary/aromatic N) is 1. The smallest absolute Gasteiger partial charge is 0.229 e. The summed E-state index contributed by atoms with van der Waals surface area (Å²) in [6.07, 6.45) is 1.21. The van der Waals surface area contributed by atoms with Crippen LogP contribution in [0, 0.1) is 12.8 Å². The molecule has 0 aromatic heterocycles. The van der Waals surface area contributed by atoms with Gasteiger partial charge in [0.2, 0.25) is 11.8 Å². The topological polar surface area (TPSA) is 49.4 Å². The predicted molar refractivity (Wildman–Crippen MR) is 99.2 cm³/mol. The van der Waals surface area contributed by atoms with Crippen LogP contribution >= 0.6 is 0 Å². The number of benzene rings is 2. The van der Waals surface area contributed by atoms with Crippen molar-refractivity contribution in [2.45, 2.75) is 33.2 Å². The number of carbonyl (C=O) groups excluding carboxylic acids is 2. The maximum absolute atomic E-state index is 12.5. The molecule has 2 aromatic carbocycles. The third-order valence-electron chi connectivity index (χ3n) is 4.68. The maximum atomic E-state index is 12.5. The van der Waals surface area contributed by atoms with Gasteiger partial charge in [0.05, 0.1) is 5.92 Å². The Kier molecular flexibility index (Phi) is 5.17. The quantitative estimate of drug-likeness (QED) is 0.908. The Morgan fingerprint density at radius 3 is 2.64 bits per heavy atom. The molecule has 0 saturated carbocycles. The fraction of sp³-hybridized carbons (Fsp3) is 0.333. The van der Waals surface area contributed by atoms with E-state index in [-0.39, 0.29) is 24.2 Å². The highest BCUT2D eigenvalue weighted by atomic mass is 16.2. The number of hydrogen-bond acceptors (Lipinski definition) is 2. The summed E-state index contributed by atoms with van der Waals surface area (Å²) < 4.78 is 0. The van der Waals surface area contributed by atoms with E-state index in [4.69, 9.17) is 0 Å². The van der Waals surface area contributed by atoms with Crippen LogP contribution in [-0.2, 0) is 22.6 Å². The van der Waals surface area contributed by atoms with E-state index in [2.05, 4.69) is 12.2 Å². The zero-order valence-corrected chi connectivity index (χ0v) is 14.8. The highest BCUT2D eigenvalue weighted by Crippen LogP contribution is 2.22. The summed E-state index contributed by atoms with van der Waals surface area (Å²) in [6, 6.07) is 16.0. The molecule has 3 rings (SSSR count). The van der Waals surface area contributed by atoms with Crippen LogP contribution in [0.15, 0.2) is 48.5 Å². The van der Waals surface area contributed by atoms with Crippen molar-refractivity contribution in [3.8, 4) is 0 Å². The van der Waals surface area contributed by atoms with Gasteiger partial charge in [0.15, 0.2) is 0 Å². The summed E-state index contributed by atoms with van der Waals surface area (Å²) in [5.41, 5.74) is 4.27. The van der Waals surface area contributed by atoms with Gasteiger partial charge in [-0.25, -0.2) is 0 Å². The molecule has 0 spiro atoms. The van der Waals surface area contributed by atoms with Crippen LogP contribution in [0.4, 0.5) is 5.69 Å². The molecule has 1 fully saturated rings. The van der Waals surface area contributed by atoms with Gasteiger partial charge in [-0.1, -0.05) is 48.9 Å². The standard InChI is InChI=1S/C21H24N2O2/c1-3-16-5-4-6-19(11-16)22-21(25)18-12-20(24)23(14-18)13-17-9-7-15(2)8-10-17/h4-11,18H,3,12-14H2,1-2H3,(H,22,25)/t18-/m1/s1. The van der Waals surface area contributed by atoms with E-state index >= 15 is 0 Å². The Bertz CT molecular complexity index is 768. The first-order valence-corrected chi connectivity index (χ1v) is 8.78. The average molecular weight is 336 g/mol. The summed E-state index contributed by atoms with van der Waals surface area (Å²) in [7, 11) is 0. The van der Waals surface area contributed by atoms with Gasteiger partial charge >= 0.3 is 0 Å². The van der Waals surface area contributed by atoms with Crippen LogP contribution in [0.2, 0.25) is 0 Å². The first kappa shape index (κ1) is 17.2. The maximum Gasteiger partial charge on any atom is 0.229 e. The fourth-order valence-corrected chi connectivity index (χ4v) is 3.13. The minimum absolute atomic E-state index is 0.0445. The molecule has 1 aliphatic rings. The van der Waals surface area contributed by atoms with Gasteiger partial charge in [0.1, 0.15) is 0 Å². The van der Waals surface area contributed by atoms with Gasteiger partial charge in [-0.2, -0.15) is 0 Å². The molecule has 0 unspecified atom stereocenters. The van der Waals surface area contributed by atoms with Gasteiger partial charge in [-0.05, 0) is 36.6 Å². The molecule has 1 saturated heterocycles. The second kappa shape index (κ2) is 7.51. The second-order valence-electron chi connectivity index (χ2n) is 6.70. The molecule has 1 N–H and O–H groups in total. The lowest BCUT2D eigenvalue weighted by atomic mass is 10.1. The molecule has 2 amide bonds. The van der Waals surface area contributed by atoms with Gasteiger partial charge in [0.25, 0.3) is 0 Å². The molecule has 0 aliphatic carbocycles. The number of hydrogen-bond donors (Lipinski definition) is 1. The molecule has 0 radical (unpaired) electrons. The van der Waals surface area contributed by atoms with Crippen molar-refractivity contribution in [3.63, 3.8) is 0 Å². The molecule has 4 heteroatoms. The highest BCUT2D eigenvalue weighted by Gasteiger charge is 2.34. The minimum atomic E-state index is -0.289. The van der Waals surface area contributed by atoms with Crippen molar-refractivity contribution >= 4 is 17.5 Å². The molecule has 25 heavy (non-hydrogen) atoms. The van der Waals surface area contributed by atoms with Gasteiger partial charge in [-0.15, -0.1) is 0 Å². The number of rotatable bonds is 5. The van der Waals surface area contributed by atoms with Crippen LogP contribution < -0.4 is 5.32 Å². The summed E-state index contributed by atoms with van der Waals surface area (Å²) in [4.78, 5) is 26.5. The monoisotopic (exact) mass is 336 g/mol. The van der Waals surface area contributed by atoms with Crippen LogP contribution in [0.3, 0.4) is 0 Å². The van der Waals surface area contributed by atoms with E-state index in [9.17, 15) is 9.59 Å². The highest BCUT2D eigenvalue weighted by molar-refractivity contribution is 5.97. The lowest BCUT2D eigenvalue weighted by Crippen LogP contribution is -2.28. The lowest BCUT2D eigenvalue weighted by molar-refractivity contribution is -0.128. The van der Waals surface area contributed by atoms with E-state index in [1.54, 1.807) is 4.90 Å². The summed E-state index contributed by atoms with van der Waals surface area (Å²) in [6.45, 7) is 5.17. The lowest BCUT2D eigenvalue weighted by Gasteiger charge is -2.17. The van der Waals surface area contributed by atoms with Crippen molar-refractivity contribution in [2.24, 2.45) is 5.92 Å². The molecule has 1 atom stereocenters. The van der Waals surface area contributed by atoms with E-state index in [0.717, 1.165) is 17.7 Å². The Morgan fingerprint density at radius 1 is 1.16 bits per heavy atom. The van der Waals surface area contributed by atoms with E-state index < -0.39 is 0 Å². The van der Waals surface area contributed by atoms with Crippen molar-refractivity contribution in [1.82, 2.24) is 4.90 Å². The van der Waals surface area contributed by atoms with Gasteiger partial charge < -0.3 is 10.2 Å². The Morgan fingerprint density at radius 2 is 1.92 bits per heavy atom. The molecular formula is C21H24N2O2. The average Bonchev–Trinajstić information content (AvgIpc) is 2.98. The van der Waals surface area contributed by atoms with Crippen LogP contribution in [-0.4, -0.2) is 23.3 Å². The van der Waals surface area contributed by atoms with Crippen molar-refractivity contribution in [1.29, 1.82) is 0 Å². The number of aryl methyl sites for hydroxylation is 2. The van der Waals surface area contributed by atoms with Crippen LogP contribution in [0.1, 0.15) is 30.0 Å². The number of nitrogens with one attached hydrogen (secondary N) is 1. The molecule has 2 aromatic rings. The van der Waals surface area contributed by atoms with Crippen LogP contribution in [0.25, 0.3) is 0 Å². The third kappa shape index (κ3) is 4.27. The normalized spacial score (nSPS) is 17.0. The number of likely N-dealkylation sites (tertiary alicyclic amines) is 1. The molecule has 0 bridgehead atoms. The number of carbonyl (C=O) groups is 2. The van der Waals surface area contributed by atoms with Crippen LogP contribution in [0.5, 0.6) is 0 Å². The zero-order chi connectivity index (χ0) is 17.8. The van der Waals surface area contributed by atoms with Gasteiger partial charge in [-0.3, -0.25) is 9.59 Å². The van der Waals surface area contributed by atoms with E-state index in [1.807, 2.05) is 55.5 Å². The number of anilines is 1.